The number of nitrogens with one attached hydrogen (secondary N) is 2. The maximum atomic E-state index is 12.6. The highest BCUT2D eigenvalue weighted by atomic mass is 32.1. The molecule has 2 aromatic heterocycles. The van der Waals surface area contributed by atoms with E-state index >= 15 is 0 Å². The third kappa shape index (κ3) is 3.48. The Labute approximate surface area is 140 Å². The summed E-state index contributed by atoms with van der Waals surface area (Å²) in [7, 11) is 0. The van der Waals surface area contributed by atoms with Crippen LogP contribution in [0.3, 0.4) is 0 Å². The molecule has 3 nitrogen and oxygen atoms in total. The molecule has 0 aliphatic carbocycles. The molecule has 0 spiro atoms. The van der Waals surface area contributed by atoms with Crippen molar-refractivity contribution in [1.82, 2.24) is 10.3 Å². The second-order valence-corrected chi connectivity index (χ2v) is 6.93. The van der Waals surface area contributed by atoms with Gasteiger partial charge < -0.3 is 10.3 Å². The minimum Gasteiger partial charge on any atom is -0.361 e. The van der Waals surface area contributed by atoms with E-state index < -0.39 is 0 Å². The van der Waals surface area contributed by atoms with E-state index in [1.54, 1.807) is 11.3 Å². The number of aromatic amines is 1. The minimum absolute atomic E-state index is 0.0526. The van der Waals surface area contributed by atoms with Crippen molar-refractivity contribution in [2.75, 3.05) is 0 Å². The Hall–Kier alpha value is -2.07. The summed E-state index contributed by atoms with van der Waals surface area (Å²) in [6.45, 7) is 4.10. The van der Waals surface area contributed by atoms with Crippen molar-refractivity contribution >= 4 is 28.1 Å². The molecule has 0 fully saturated rings. The summed E-state index contributed by atoms with van der Waals surface area (Å²) < 4.78 is 0. The molecular formula is C19H22N2OS. The van der Waals surface area contributed by atoms with E-state index in [2.05, 4.69) is 40.8 Å². The van der Waals surface area contributed by atoms with E-state index in [1.807, 2.05) is 31.3 Å². The quantitative estimate of drug-likeness (QED) is 0.679. The van der Waals surface area contributed by atoms with Gasteiger partial charge in [0.2, 0.25) is 5.91 Å². The van der Waals surface area contributed by atoms with Crippen LogP contribution in [0.2, 0.25) is 0 Å². The average Bonchev–Trinajstić information content (AvgIpc) is 3.23. The number of carbonyl (C=O) groups excluding carboxylic acids is 1. The van der Waals surface area contributed by atoms with E-state index in [4.69, 9.17) is 0 Å². The van der Waals surface area contributed by atoms with Crippen molar-refractivity contribution in [2.45, 2.75) is 32.7 Å². The monoisotopic (exact) mass is 326 g/mol. The Bertz CT molecular complexity index is 776. The van der Waals surface area contributed by atoms with Gasteiger partial charge in [-0.05, 0) is 35.9 Å². The molecule has 3 rings (SSSR count). The molecule has 1 aromatic carbocycles. The maximum absolute atomic E-state index is 12.6. The van der Waals surface area contributed by atoms with Crippen molar-refractivity contribution in [3.63, 3.8) is 0 Å². The fourth-order valence-corrected chi connectivity index (χ4v) is 3.76. The summed E-state index contributed by atoms with van der Waals surface area (Å²) in [5, 5.41) is 6.45. The van der Waals surface area contributed by atoms with Crippen molar-refractivity contribution in [1.29, 1.82) is 0 Å². The molecule has 0 bridgehead atoms. The summed E-state index contributed by atoms with van der Waals surface area (Å²) in [4.78, 5) is 17.1. The number of thiophene rings is 1. The van der Waals surface area contributed by atoms with E-state index in [0.29, 0.717) is 0 Å². The number of benzene rings is 1. The number of hydrogen-bond acceptors (Lipinski definition) is 2. The third-order valence-corrected chi connectivity index (χ3v) is 5.25. The molecule has 120 valence electrons. The van der Waals surface area contributed by atoms with Crippen LogP contribution < -0.4 is 5.32 Å². The molecule has 2 heterocycles. The van der Waals surface area contributed by atoms with E-state index in [9.17, 15) is 4.79 Å². The fourth-order valence-electron chi connectivity index (χ4n) is 2.90. The Kier molecular flexibility index (Phi) is 4.82. The molecule has 0 aliphatic rings. The lowest BCUT2D eigenvalue weighted by molar-refractivity contribution is -0.125. The first-order valence-corrected chi connectivity index (χ1v) is 8.95. The summed E-state index contributed by atoms with van der Waals surface area (Å²) in [5.74, 6) is 0.0683. The lowest BCUT2D eigenvalue weighted by Crippen LogP contribution is -2.33. The topological polar surface area (TPSA) is 44.9 Å². The molecule has 4 heteroatoms. The first-order chi connectivity index (χ1) is 11.2. The van der Waals surface area contributed by atoms with Gasteiger partial charge in [0.1, 0.15) is 0 Å². The Morgan fingerprint density at radius 1 is 1.26 bits per heavy atom. The standard InChI is InChI=1S/C19H22N2OS/c1-3-16(18-9-6-10-23-18)21-19(22)13(2)11-14-12-20-17-8-5-4-7-15(14)17/h4-10,12-13,16,20H,3,11H2,1-2H3,(H,21,22). The van der Waals surface area contributed by atoms with E-state index in [0.717, 1.165) is 18.4 Å². The maximum Gasteiger partial charge on any atom is 0.223 e. The second-order valence-electron chi connectivity index (χ2n) is 5.95. The van der Waals surface area contributed by atoms with Gasteiger partial charge in [-0.25, -0.2) is 0 Å². The van der Waals surface area contributed by atoms with Crippen molar-refractivity contribution in [3.8, 4) is 0 Å². The van der Waals surface area contributed by atoms with Gasteiger partial charge in [0.15, 0.2) is 0 Å². The molecule has 2 N–H and O–H groups in total. The van der Waals surface area contributed by atoms with Crippen LogP contribution in [-0.2, 0) is 11.2 Å². The SMILES string of the molecule is CCC(NC(=O)C(C)Cc1c[nH]c2ccccc12)c1cccs1. The molecule has 0 aliphatic heterocycles. The molecule has 3 aromatic rings. The summed E-state index contributed by atoms with van der Waals surface area (Å²) >= 11 is 1.70. The van der Waals surface area contributed by atoms with Crippen molar-refractivity contribution in [2.24, 2.45) is 5.92 Å². The molecule has 0 saturated heterocycles. The third-order valence-electron chi connectivity index (χ3n) is 4.26. The van der Waals surface area contributed by atoms with Crippen molar-refractivity contribution in [3.05, 3.63) is 58.4 Å². The highest BCUT2D eigenvalue weighted by Crippen LogP contribution is 2.24. The molecule has 2 atom stereocenters. The highest BCUT2D eigenvalue weighted by Gasteiger charge is 2.19. The average molecular weight is 326 g/mol. The zero-order valence-electron chi connectivity index (χ0n) is 13.5. The van der Waals surface area contributed by atoms with Crippen molar-refractivity contribution < 1.29 is 4.79 Å². The number of para-hydroxylation sites is 1. The normalized spacial score (nSPS) is 13.8. The second kappa shape index (κ2) is 7.01. The van der Waals surface area contributed by atoms with Crippen LogP contribution in [0.15, 0.2) is 48.0 Å². The van der Waals surface area contributed by atoms with Crippen LogP contribution >= 0.6 is 11.3 Å². The molecule has 0 saturated carbocycles. The zero-order chi connectivity index (χ0) is 16.2. The van der Waals surface area contributed by atoms with Crippen LogP contribution in [0, 0.1) is 5.92 Å². The highest BCUT2D eigenvalue weighted by molar-refractivity contribution is 7.10. The van der Waals surface area contributed by atoms with Gasteiger partial charge in [-0.2, -0.15) is 0 Å². The van der Waals surface area contributed by atoms with E-state index in [1.165, 1.54) is 15.8 Å². The van der Waals surface area contributed by atoms with Gasteiger partial charge in [0.05, 0.1) is 6.04 Å². The molecule has 0 radical (unpaired) electrons. The largest absolute Gasteiger partial charge is 0.361 e. The van der Waals surface area contributed by atoms with Crippen LogP contribution in [0.4, 0.5) is 0 Å². The molecule has 23 heavy (non-hydrogen) atoms. The fraction of sp³-hybridized carbons (Fsp3) is 0.316. The van der Waals surface area contributed by atoms with Gasteiger partial charge >= 0.3 is 0 Å². The first kappa shape index (κ1) is 15.8. The summed E-state index contributed by atoms with van der Waals surface area (Å²) in [6.07, 6.45) is 3.67. The lowest BCUT2D eigenvalue weighted by atomic mass is 9.99. The van der Waals surface area contributed by atoms with Crippen LogP contribution in [0.5, 0.6) is 0 Å². The Morgan fingerprint density at radius 3 is 2.83 bits per heavy atom. The number of H-pyrrole nitrogens is 1. The summed E-state index contributed by atoms with van der Waals surface area (Å²) in [5.41, 5.74) is 2.33. The van der Waals surface area contributed by atoms with E-state index in [-0.39, 0.29) is 17.9 Å². The Morgan fingerprint density at radius 2 is 2.09 bits per heavy atom. The summed E-state index contributed by atoms with van der Waals surface area (Å²) in [6, 6.07) is 12.5. The predicted octanol–water partition coefficient (Wildman–Crippen LogP) is 4.68. The van der Waals surface area contributed by atoms with Gasteiger partial charge in [-0.15, -0.1) is 11.3 Å². The van der Waals surface area contributed by atoms with Gasteiger partial charge in [0, 0.05) is 27.9 Å². The van der Waals surface area contributed by atoms with Gasteiger partial charge in [-0.3, -0.25) is 4.79 Å². The van der Waals surface area contributed by atoms with Gasteiger partial charge in [-0.1, -0.05) is 38.1 Å². The van der Waals surface area contributed by atoms with Gasteiger partial charge in [0.25, 0.3) is 0 Å². The van der Waals surface area contributed by atoms with Crippen LogP contribution in [-0.4, -0.2) is 10.9 Å². The molecule has 1 amide bonds. The molecule has 2 unspecified atom stereocenters. The smallest absolute Gasteiger partial charge is 0.223 e. The first-order valence-electron chi connectivity index (χ1n) is 8.07. The number of hydrogen-bond donors (Lipinski definition) is 2. The Balaban J connectivity index is 1.68. The van der Waals surface area contributed by atoms with Crippen LogP contribution in [0.1, 0.15) is 36.8 Å². The number of aromatic nitrogens is 1. The zero-order valence-corrected chi connectivity index (χ0v) is 14.3. The molecular weight excluding hydrogens is 304 g/mol. The number of carbonyl (C=O) groups is 1. The number of rotatable bonds is 6. The lowest BCUT2D eigenvalue weighted by Gasteiger charge is -2.19. The minimum atomic E-state index is -0.0526. The van der Waals surface area contributed by atoms with Crippen LogP contribution in [0.25, 0.3) is 10.9 Å². The number of amides is 1. The predicted molar refractivity (Wildman–Crippen MR) is 96.7 cm³/mol. The number of fused-ring (bicyclic) bond motifs is 1.